The number of hydrogen-bond acceptors (Lipinski definition) is 3. The Morgan fingerprint density at radius 3 is 2.50 bits per heavy atom. The van der Waals surface area contributed by atoms with Gasteiger partial charge in [0.25, 0.3) is 0 Å². The molecule has 1 aliphatic heterocycles. The van der Waals surface area contributed by atoms with Gasteiger partial charge in [0.1, 0.15) is 0 Å². The summed E-state index contributed by atoms with van der Waals surface area (Å²) in [5, 5.41) is 0.383. The quantitative estimate of drug-likeness (QED) is 0.686. The Hall–Kier alpha value is -2.13. The Labute approximate surface area is 149 Å². The summed E-state index contributed by atoms with van der Waals surface area (Å²) in [6.07, 6.45) is 8.71. The lowest BCUT2D eigenvalue weighted by Crippen LogP contribution is -2.27. The average Bonchev–Trinajstić information content (AvgIpc) is 2.96. The summed E-state index contributed by atoms with van der Waals surface area (Å²) in [7, 11) is 4.12. The second-order valence-electron chi connectivity index (χ2n) is 5.99. The third-order valence-corrected chi connectivity index (χ3v) is 5.41. The molecule has 1 aliphatic rings. The lowest BCUT2D eigenvalue weighted by Gasteiger charge is -2.22. The number of thioether (sulfide) groups is 1. The molecule has 3 heteroatoms. The molecule has 0 fully saturated rings. The number of para-hydroxylation sites is 1. The summed E-state index contributed by atoms with van der Waals surface area (Å²) >= 11 is 1.92. The molecule has 2 aromatic rings. The molecule has 0 bridgehead atoms. The van der Waals surface area contributed by atoms with Crippen molar-refractivity contribution in [2.45, 2.75) is 17.2 Å². The molecule has 0 aliphatic carbocycles. The highest BCUT2D eigenvalue weighted by Gasteiger charge is 2.26. The first-order valence-electron chi connectivity index (χ1n) is 8.33. The Balaban J connectivity index is 1.64. The van der Waals surface area contributed by atoms with Crippen LogP contribution < -0.4 is 9.80 Å². The van der Waals surface area contributed by atoms with Crippen molar-refractivity contribution in [1.82, 2.24) is 0 Å². The van der Waals surface area contributed by atoms with Crippen LogP contribution in [0.15, 0.2) is 71.7 Å². The smallest absolute Gasteiger partial charge is 0.0985 e. The monoisotopic (exact) mass is 336 g/mol. The third-order valence-electron chi connectivity index (χ3n) is 4.16. The van der Waals surface area contributed by atoms with Gasteiger partial charge in [-0.25, -0.2) is 0 Å². The molecule has 24 heavy (non-hydrogen) atoms. The molecule has 0 saturated heterocycles. The topological polar surface area (TPSA) is 6.48 Å². The van der Waals surface area contributed by atoms with E-state index in [4.69, 9.17) is 0 Å². The van der Waals surface area contributed by atoms with E-state index in [1.54, 1.807) is 0 Å². The van der Waals surface area contributed by atoms with Crippen LogP contribution in [0.5, 0.6) is 0 Å². The Kier molecular flexibility index (Phi) is 5.31. The van der Waals surface area contributed by atoms with Crippen LogP contribution in [-0.4, -0.2) is 26.0 Å². The van der Waals surface area contributed by atoms with E-state index in [2.05, 4.69) is 104 Å². The molecule has 1 atom stereocenters. The molecule has 2 nitrogen and oxygen atoms in total. The molecule has 3 rings (SSSR count). The largest absolute Gasteiger partial charge is 0.378 e. The molecule has 124 valence electrons. The van der Waals surface area contributed by atoms with Crippen LogP contribution in [0.2, 0.25) is 0 Å². The fourth-order valence-electron chi connectivity index (χ4n) is 2.83. The normalized spacial score (nSPS) is 17.0. The van der Waals surface area contributed by atoms with E-state index in [-0.39, 0.29) is 0 Å². The molecule has 0 amide bonds. The SMILES string of the molecule is CCN1c2ccccc2SC1/C=C/C=C/c1ccc(N(C)C)cc1. The molecule has 0 saturated carbocycles. The van der Waals surface area contributed by atoms with E-state index >= 15 is 0 Å². The molecule has 0 aromatic heterocycles. The van der Waals surface area contributed by atoms with Crippen molar-refractivity contribution in [1.29, 1.82) is 0 Å². The molecule has 2 aromatic carbocycles. The van der Waals surface area contributed by atoms with E-state index in [9.17, 15) is 0 Å². The van der Waals surface area contributed by atoms with E-state index in [0.717, 1.165) is 6.54 Å². The molecule has 1 unspecified atom stereocenters. The molecule has 0 radical (unpaired) electrons. The first kappa shape index (κ1) is 16.7. The van der Waals surface area contributed by atoms with Crippen LogP contribution >= 0.6 is 11.8 Å². The van der Waals surface area contributed by atoms with Gasteiger partial charge >= 0.3 is 0 Å². The van der Waals surface area contributed by atoms with Crippen molar-refractivity contribution in [3.8, 4) is 0 Å². The zero-order chi connectivity index (χ0) is 16.9. The van der Waals surface area contributed by atoms with Gasteiger partial charge in [0.2, 0.25) is 0 Å². The van der Waals surface area contributed by atoms with Gasteiger partial charge in [-0.05, 0) is 36.8 Å². The van der Waals surface area contributed by atoms with E-state index < -0.39 is 0 Å². The van der Waals surface area contributed by atoms with E-state index in [1.807, 2.05) is 11.8 Å². The van der Waals surface area contributed by atoms with Gasteiger partial charge in [0.15, 0.2) is 0 Å². The molecule has 0 N–H and O–H groups in total. The number of allylic oxidation sites excluding steroid dienone is 2. The van der Waals surface area contributed by atoms with Crippen LogP contribution in [0.4, 0.5) is 11.4 Å². The highest BCUT2D eigenvalue weighted by molar-refractivity contribution is 8.00. The van der Waals surface area contributed by atoms with Crippen LogP contribution in [0, 0.1) is 0 Å². The molecular weight excluding hydrogens is 312 g/mol. The summed E-state index contributed by atoms with van der Waals surface area (Å²) in [5.74, 6) is 0. The number of anilines is 2. The van der Waals surface area contributed by atoms with Gasteiger partial charge in [0.05, 0.1) is 11.1 Å². The highest BCUT2D eigenvalue weighted by atomic mass is 32.2. The standard InChI is InChI=1S/C21H24N2S/c1-4-23-19-10-6-7-11-20(19)24-21(23)12-8-5-9-17-13-15-18(16-14-17)22(2)3/h5-16,21H,4H2,1-3H3/b9-5+,12-8+. The van der Waals surface area contributed by atoms with Gasteiger partial charge in [-0.15, -0.1) is 0 Å². The summed E-state index contributed by atoms with van der Waals surface area (Å²) < 4.78 is 0. The Morgan fingerprint density at radius 1 is 1.04 bits per heavy atom. The fraction of sp³-hybridized carbons (Fsp3) is 0.238. The van der Waals surface area contributed by atoms with E-state index in [1.165, 1.54) is 21.8 Å². The summed E-state index contributed by atoms with van der Waals surface area (Å²) in [6.45, 7) is 3.24. The van der Waals surface area contributed by atoms with Crippen LogP contribution in [0.25, 0.3) is 6.08 Å². The lowest BCUT2D eigenvalue weighted by atomic mass is 10.2. The summed E-state index contributed by atoms with van der Waals surface area (Å²) in [4.78, 5) is 5.93. The Morgan fingerprint density at radius 2 is 1.79 bits per heavy atom. The summed E-state index contributed by atoms with van der Waals surface area (Å²) in [6, 6.07) is 17.2. The summed E-state index contributed by atoms with van der Waals surface area (Å²) in [5.41, 5.74) is 3.80. The molecule has 0 spiro atoms. The first-order chi connectivity index (χ1) is 11.7. The van der Waals surface area contributed by atoms with Crippen LogP contribution in [-0.2, 0) is 0 Å². The second-order valence-corrected chi connectivity index (χ2v) is 7.15. The van der Waals surface area contributed by atoms with Gasteiger partial charge in [-0.1, -0.05) is 60.3 Å². The lowest BCUT2D eigenvalue weighted by molar-refractivity contribution is 0.878. The van der Waals surface area contributed by atoms with Crippen molar-refractivity contribution >= 4 is 29.2 Å². The van der Waals surface area contributed by atoms with Gasteiger partial charge in [-0.2, -0.15) is 0 Å². The first-order valence-corrected chi connectivity index (χ1v) is 9.21. The number of hydrogen-bond donors (Lipinski definition) is 0. The molecule has 1 heterocycles. The van der Waals surface area contributed by atoms with Gasteiger partial charge in [0, 0.05) is 31.2 Å². The highest BCUT2D eigenvalue weighted by Crippen LogP contribution is 2.43. The van der Waals surface area contributed by atoms with Crippen molar-refractivity contribution in [3.63, 3.8) is 0 Å². The maximum atomic E-state index is 2.44. The minimum atomic E-state index is 0.383. The minimum Gasteiger partial charge on any atom is -0.378 e. The predicted octanol–water partition coefficient (Wildman–Crippen LogP) is 5.28. The zero-order valence-corrected chi connectivity index (χ0v) is 15.3. The number of benzene rings is 2. The maximum Gasteiger partial charge on any atom is 0.0985 e. The van der Waals surface area contributed by atoms with Crippen molar-refractivity contribution in [3.05, 3.63) is 72.3 Å². The predicted molar refractivity (Wildman–Crippen MR) is 108 cm³/mol. The van der Waals surface area contributed by atoms with Crippen molar-refractivity contribution in [2.75, 3.05) is 30.4 Å². The maximum absolute atomic E-state index is 2.44. The Bertz CT molecular complexity index is 732. The van der Waals surface area contributed by atoms with Crippen LogP contribution in [0.1, 0.15) is 12.5 Å². The third kappa shape index (κ3) is 3.68. The zero-order valence-electron chi connectivity index (χ0n) is 14.5. The second kappa shape index (κ2) is 7.63. The van der Waals surface area contributed by atoms with Crippen molar-refractivity contribution < 1.29 is 0 Å². The van der Waals surface area contributed by atoms with Crippen molar-refractivity contribution in [2.24, 2.45) is 0 Å². The van der Waals surface area contributed by atoms with Crippen LogP contribution in [0.3, 0.4) is 0 Å². The van der Waals surface area contributed by atoms with Gasteiger partial charge in [-0.3, -0.25) is 0 Å². The number of fused-ring (bicyclic) bond motifs is 1. The number of rotatable bonds is 5. The minimum absolute atomic E-state index is 0.383. The number of likely N-dealkylation sites (N-methyl/N-ethyl adjacent to an activating group) is 1. The fourth-order valence-corrected chi connectivity index (χ4v) is 4.11. The average molecular weight is 337 g/mol. The van der Waals surface area contributed by atoms with E-state index in [0.29, 0.717) is 5.37 Å². The van der Waals surface area contributed by atoms with Gasteiger partial charge < -0.3 is 9.80 Å². The number of nitrogens with zero attached hydrogens (tertiary/aromatic N) is 2. The molecular formula is C21H24N2S.